The lowest BCUT2D eigenvalue weighted by Crippen LogP contribution is -2.26. The minimum absolute atomic E-state index is 0.0475. The Balaban J connectivity index is 2.09. The van der Waals surface area contributed by atoms with Gasteiger partial charge in [-0.25, -0.2) is 0 Å². The Morgan fingerprint density at radius 1 is 1.26 bits per heavy atom. The molecule has 0 saturated heterocycles. The van der Waals surface area contributed by atoms with Gasteiger partial charge in [-0.05, 0) is 52.7 Å². The summed E-state index contributed by atoms with van der Waals surface area (Å²) in [6.07, 6.45) is 0. The second-order valence-electron chi connectivity index (χ2n) is 4.89. The van der Waals surface area contributed by atoms with Gasteiger partial charge in [-0.1, -0.05) is 6.07 Å². The fourth-order valence-corrected chi connectivity index (χ4v) is 2.61. The molecule has 1 N–H and O–H groups in total. The van der Waals surface area contributed by atoms with Crippen molar-refractivity contribution in [3.63, 3.8) is 0 Å². The normalized spacial score (nSPS) is 11.6. The highest BCUT2D eigenvalue weighted by molar-refractivity contribution is 9.10. The quantitative estimate of drug-likeness (QED) is 0.632. The van der Waals surface area contributed by atoms with Gasteiger partial charge in [0, 0.05) is 17.7 Å². The van der Waals surface area contributed by atoms with E-state index in [0.717, 1.165) is 10.0 Å². The highest BCUT2D eigenvalue weighted by atomic mass is 79.9. The molecule has 2 aromatic rings. The van der Waals surface area contributed by atoms with Gasteiger partial charge >= 0.3 is 0 Å². The number of halogens is 1. The highest BCUT2D eigenvalue weighted by Gasteiger charge is 2.14. The summed E-state index contributed by atoms with van der Waals surface area (Å²) in [7, 11) is 1.58. The van der Waals surface area contributed by atoms with Crippen molar-refractivity contribution in [2.45, 2.75) is 13.0 Å². The van der Waals surface area contributed by atoms with Crippen LogP contribution in [0.25, 0.3) is 0 Å². The SMILES string of the molecule is COc1ccc(C(C)NC(=O)c2ccc([N+](=O)[O-])cc2)cc1Br. The zero-order valence-electron chi connectivity index (χ0n) is 12.6. The number of nitro groups is 1. The van der Waals surface area contributed by atoms with Gasteiger partial charge in [0.1, 0.15) is 5.75 Å². The maximum Gasteiger partial charge on any atom is 0.269 e. The van der Waals surface area contributed by atoms with Crippen LogP contribution in [0.3, 0.4) is 0 Å². The molecule has 0 radical (unpaired) electrons. The molecule has 23 heavy (non-hydrogen) atoms. The fourth-order valence-electron chi connectivity index (χ4n) is 2.05. The van der Waals surface area contributed by atoms with Crippen molar-refractivity contribution >= 4 is 27.5 Å². The minimum atomic E-state index is -0.501. The maximum atomic E-state index is 12.2. The summed E-state index contributed by atoms with van der Waals surface area (Å²) in [4.78, 5) is 22.3. The summed E-state index contributed by atoms with van der Waals surface area (Å²) in [6.45, 7) is 1.86. The van der Waals surface area contributed by atoms with Crippen LogP contribution in [0.1, 0.15) is 28.9 Å². The summed E-state index contributed by atoms with van der Waals surface area (Å²) >= 11 is 3.41. The molecule has 1 amide bonds. The number of methoxy groups -OCH3 is 1. The second kappa shape index (κ2) is 7.23. The van der Waals surface area contributed by atoms with E-state index in [4.69, 9.17) is 4.74 Å². The Morgan fingerprint density at radius 2 is 1.91 bits per heavy atom. The lowest BCUT2D eigenvalue weighted by atomic mass is 10.1. The van der Waals surface area contributed by atoms with E-state index in [1.54, 1.807) is 7.11 Å². The van der Waals surface area contributed by atoms with Crippen LogP contribution in [0.2, 0.25) is 0 Å². The van der Waals surface area contributed by atoms with E-state index in [1.165, 1.54) is 24.3 Å². The molecule has 0 aliphatic heterocycles. The van der Waals surface area contributed by atoms with E-state index in [1.807, 2.05) is 25.1 Å². The molecule has 2 rings (SSSR count). The Hall–Kier alpha value is -2.41. The standard InChI is InChI=1S/C16H15BrN2O4/c1-10(12-5-8-15(23-2)14(17)9-12)18-16(20)11-3-6-13(7-4-11)19(21)22/h3-10H,1-2H3,(H,18,20). The number of hydrogen-bond donors (Lipinski definition) is 1. The number of rotatable bonds is 5. The summed E-state index contributed by atoms with van der Waals surface area (Å²) in [6, 6.07) is 10.8. The Morgan fingerprint density at radius 3 is 2.43 bits per heavy atom. The number of hydrogen-bond acceptors (Lipinski definition) is 4. The van der Waals surface area contributed by atoms with E-state index >= 15 is 0 Å². The molecule has 7 heteroatoms. The van der Waals surface area contributed by atoms with Crippen LogP contribution in [-0.4, -0.2) is 17.9 Å². The van der Waals surface area contributed by atoms with Crippen LogP contribution < -0.4 is 10.1 Å². The van der Waals surface area contributed by atoms with Gasteiger partial charge in [-0.3, -0.25) is 14.9 Å². The molecule has 120 valence electrons. The van der Waals surface area contributed by atoms with Crippen LogP contribution in [0.5, 0.6) is 5.75 Å². The number of non-ortho nitro benzene ring substituents is 1. The van der Waals surface area contributed by atoms with Gasteiger partial charge in [0.15, 0.2) is 0 Å². The summed E-state index contributed by atoms with van der Waals surface area (Å²) in [5.41, 5.74) is 1.23. The monoisotopic (exact) mass is 378 g/mol. The van der Waals surface area contributed by atoms with Crippen molar-refractivity contribution in [3.05, 3.63) is 68.2 Å². The zero-order valence-corrected chi connectivity index (χ0v) is 14.2. The first kappa shape index (κ1) is 17.0. The van der Waals surface area contributed by atoms with Crippen molar-refractivity contribution in [1.29, 1.82) is 0 Å². The molecule has 6 nitrogen and oxygen atoms in total. The van der Waals surface area contributed by atoms with Gasteiger partial charge in [-0.2, -0.15) is 0 Å². The van der Waals surface area contributed by atoms with Crippen LogP contribution >= 0.6 is 15.9 Å². The maximum absolute atomic E-state index is 12.2. The molecule has 0 aromatic heterocycles. The summed E-state index contributed by atoms with van der Waals surface area (Å²) in [5, 5.41) is 13.5. The first-order valence-corrected chi connectivity index (χ1v) is 7.60. The van der Waals surface area contributed by atoms with Crippen LogP contribution in [0.4, 0.5) is 5.69 Å². The smallest absolute Gasteiger partial charge is 0.269 e. The van der Waals surface area contributed by atoms with E-state index in [9.17, 15) is 14.9 Å². The number of carbonyl (C=O) groups excluding carboxylic acids is 1. The molecular weight excluding hydrogens is 364 g/mol. The van der Waals surface area contributed by atoms with Crippen molar-refractivity contribution in [2.24, 2.45) is 0 Å². The predicted octanol–water partition coefficient (Wildman–Crippen LogP) is 3.86. The molecule has 0 spiro atoms. The average molecular weight is 379 g/mol. The van der Waals surface area contributed by atoms with Crippen molar-refractivity contribution < 1.29 is 14.5 Å². The van der Waals surface area contributed by atoms with Gasteiger partial charge in [0.25, 0.3) is 11.6 Å². The number of benzene rings is 2. The van der Waals surface area contributed by atoms with E-state index in [-0.39, 0.29) is 17.6 Å². The largest absolute Gasteiger partial charge is 0.496 e. The number of amides is 1. The molecular formula is C16H15BrN2O4. The predicted molar refractivity (Wildman–Crippen MR) is 89.7 cm³/mol. The number of carbonyl (C=O) groups is 1. The third-order valence-electron chi connectivity index (χ3n) is 3.36. The fraction of sp³-hybridized carbons (Fsp3) is 0.188. The molecule has 2 aromatic carbocycles. The van der Waals surface area contributed by atoms with E-state index < -0.39 is 4.92 Å². The number of ether oxygens (including phenoxy) is 1. The Bertz CT molecular complexity index is 731. The van der Waals surface area contributed by atoms with Gasteiger partial charge in [0.2, 0.25) is 0 Å². The van der Waals surface area contributed by atoms with E-state index in [2.05, 4.69) is 21.2 Å². The lowest BCUT2D eigenvalue weighted by molar-refractivity contribution is -0.384. The first-order chi connectivity index (χ1) is 10.9. The second-order valence-corrected chi connectivity index (χ2v) is 5.75. The molecule has 0 aliphatic rings. The summed E-state index contributed by atoms with van der Waals surface area (Å²) < 4.78 is 5.97. The first-order valence-electron chi connectivity index (χ1n) is 6.81. The van der Waals surface area contributed by atoms with Gasteiger partial charge < -0.3 is 10.1 Å². The number of nitrogens with one attached hydrogen (secondary N) is 1. The number of nitro benzene ring substituents is 1. The third kappa shape index (κ3) is 4.07. The van der Waals surface area contributed by atoms with Gasteiger partial charge in [-0.15, -0.1) is 0 Å². The Labute approximate surface area is 141 Å². The van der Waals surface area contributed by atoms with Crippen molar-refractivity contribution in [2.75, 3.05) is 7.11 Å². The zero-order chi connectivity index (χ0) is 17.0. The molecule has 0 heterocycles. The summed E-state index contributed by atoms with van der Waals surface area (Å²) in [5.74, 6) is 0.419. The topological polar surface area (TPSA) is 81.5 Å². The third-order valence-corrected chi connectivity index (χ3v) is 3.98. The molecule has 1 atom stereocenters. The van der Waals surface area contributed by atoms with Crippen LogP contribution in [-0.2, 0) is 0 Å². The lowest BCUT2D eigenvalue weighted by Gasteiger charge is -2.15. The van der Waals surface area contributed by atoms with Crippen molar-refractivity contribution in [3.8, 4) is 5.75 Å². The van der Waals surface area contributed by atoms with Gasteiger partial charge in [0.05, 0.1) is 22.5 Å². The minimum Gasteiger partial charge on any atom is -0.496 e. The molecule has 1 unspecified atom stereocenters. The molecule has 0 aliphatic carbocycles. The number of nitrogens with zero attached hydrogens (tertiary/aromatic N) is 1. The van der Waals surface area contributed by atoms with E-state index in [0.29, 0.717) is 11.3 Å². The molecule has 0 fully saturated rings. The molecule has 0 saturated carbocycles. The Kier molecular flexibility index (Phi) is 5.33. The highest BCUT2D eigenvalue weighted by Crippen LogP contribution is 2.28. The van der Waals surface area contributed by atoms with Crippen LogP contribution in [0, 0.1) is 10.1 Å². The average Bonchev–Trinajstić information content (AvgIpc) is 2.54. The van der Waals surface area contributed by atoms with Crippen molar-refractivity contribution in [1.82, 2.24) is 5.32 Å². The molecule has 0 bridgehead atoms. The van der Waals surface area contributed by atoms with Crippen LogP contribution in [0.15, 0.2) is 46.9 Å².